The molecule has 1 aromatic carbocycles. The number of hydrogen-bond acceptors (Lipinski definition) is 3. The first-order valence-corrected chi connectivity index (χ1v) is 10.0. The number of amides is 2. The van der Waals surface area contributed by atoms with E-state index in [0.29, 0.717) is 6.54 Å². The van der Waals surface area contributed by atoms with Crippen molar-refractivity contribution in [3.63, 3.8) is 0 Å². The van der Waals surface area contributed by atoms with Crippen molar-refractivity contribution in [1.29, 1.82) is 0 Å². The first-order valence-electron chi connectivity index (χ1n) is 10.0. The van der Waals surface area contributed by atoms with Gasteiger partial charge in [0.1, 0.15) is 0 Å². The number of nitrogens with zero attached hydrogens (tertiary/aromatic N) is 3. The molecule has 0 saturated carbocycles. The van der Waals surface area contributed by atoms with E-state index in [1.807, 2.05) is 29.7 Å². The second-order valence-electron chi connectivity index (χ2n) is 7.31. The van der Waals surface area contributed by atoms with Crippen molar-refractivity contribution < 1.29 is 9.59 Å². The zero-order valence-electron chi connectivity index (χ0n) is 16.1. The summed E-state index contributed by atoms with van der Waals surface area (Å²) < 4.78 is 0. The second-order valence-corrected chi connectivity index (χ2v) is 7.31. The zero-order valence-corrected chi connectivity index (χ0v) is 16.1. The average molecular weight is 357 g/mol. The van der Waals surface area contributed by atoms with Gasteiger partial charge in [0.25, 0.3) is 0 Å². The summed E-state index contributed by atoms with van der Waals surface area (Å²) in [5.41, 5.74) is 2.56. The van der Waals surface area contributed by atoms with Crippen LogP contribution in [0.25, 0.3) is 0 Å². The lowest BCUT2D eigenvalue weighted by Crippen LogP contribution is -2.52. The van der Waals surface area contributed by atoms with Gasteiger partial charge in [0, 0.05) is 39.3 Å². The van der Waals surface area contributed by atoms with E-state index in [1.165, 1.54) is 11.1 Å². The van der Waals surface area contributed by atoms with Gasteiger partial charge < -0.3 is 9.80 Å². The van der Waals surface area contributed by atoms with Crippen LogP contribution in [0.2, 0.25) is 0 Å². The molecule has 0 radical (unpaired) electrons. The largest absolute Gasteiger partial charge is 0.342 e. The zero-order chi connectivity index (χ0) is 18.5. The Morgan fingerprint density at radius 2 is 1.77 bits per heavy atom. The molecule has 0 bridgehead atoms. The fourth-order valence-corrected chi connectivity index (χ4v) is 4.22. The van der Waals surface area contributed by atoms with E-state index in [-0.39, 0.29) is 17.7 Å². The Bertz CT molecular complexity index is 634. The molecule has 1 heterocycles. The summed E-state index contributed by atoms with van der Waals surface area (Å²) in [5, 5.41) is 0. The number of rotatable bonds is 5. The van der Waals surface area contributed by atoms with Crippen LogP contribution in [0.4, 0.5) is 0 Å². The van der Waals surface area contributed by atoms with Crippen molar-refractivity contribution in [2.45, 2.75) is 39.0 Å². The number of aryl methyl sites for hydroxylation is 1. The van der Waals surface area contributed by atoms with Gasteiger partial charge in [0.15, 0.2) is 0 Å². The lowest BCUT2D eigenvalue weighted by Gasteiger charge is -2.37. The monoisotopic (exact) mass is 357 g/mol. The van der Waals surface area contributed by atoms with Crippen LogP contribution in [0.5, 0.6) is 0 Å². The molecule has 1 saturated heterocycles. The molecule has 5 nitrogen and oxygen atoms in total. The summed E-state index contributed by atoms with van der Waals surface area (Å²) in [5.74, 6) is 0.478. The number of hydrogen-bond donors (Lipinski definition) is 0. The molecule has 1 fully saturated rings. The minimum absolute atomic E-state index is 0.0174. The van der Waals surface area contributed by atoms with E-state index in [4.69, 9.17) is 0 Å². The van der Waals surface area contributed by atoms with Gasteiger partial charge in [-0.15, -0.1) is 0 Å². The van der Waals surface area contributed by atoms with Crippen LogP contribution in [0, 0.1) is 0 Å². The van der Waals surface area contributed by atoms with Gasteiger partial charge in [-0.05, 0) is 44.2 Å². The number of piperazine rings is 1. The molecular formula is C21H31N3O2. The molecule has 3 rings (SSSR count). The second kappa shape index (κ2) is 8.67. The molecule has 142 valence electrons. The quantitative estimate of drug-likeness (QED) is 0.811. The molecule has 1 unspecified atom stereocenters. The molecule has 1 aliphatic heterocycles. The standard InChI is InChI=1S/C21H31N3O2/c1-3-23(4-2)20(25)16-22-12-14-24(15-13-22)21(26)19-11-7-9-17-8-5-6-10-18(17)19/h5-6,8,10,19H,3-4,7,9,11-16H2,1-2H3. The first-order chi connectivity index (χ1) is 12.6. The van der Waals surface area contributed by atoms with Crippen LogP contribution in [0.15, 0.2) is 24.3 Å². The summed E-state index contributed by atoms with van der Waals surface area (Å²) in [6, 6.07) is 8.39. The maximum absolute atomic E-state index is 13.1. The van der Waals surface area contributed by atoms with Crippen molar-refractivity contribution in [2.24, 2.45) is 0 Å². The Labute approximate surface area is 156 Å². The highest BCUT2D eigenvalue weighted by molar-refractivity contribution is 5.84. The number of carbonyl (C=O) groups is 2. The minimum atomic E-state index is 0.0174. The van der Waals surface area contributed by atoms with Crippen molar-refractivity contribution in [3.8, 4) is 0 Å². The summed E-state index contributed by atoms with van der Waals surface area (Å²) in [4.78, 5) is 31.4. The summed E-state index contributed by atoms with van der Waals surface area (Å²) in [6.45, 7) is 9.03. The predicted octanol–water partition coefficient (Wildman–Crippen LogP) is 2.12. The molecule has 0 aromatic heterocycles. The Morgan fingerprint density at radius 1 is 1.08 bits per heavy atom. The van der Waals surface area contributed by atoms with Crippen molar-refractivity contribution in [3.05, 3.63) is 35.4 Å². The maximum atomic E-state index is 13.1. The van der Waals surface area contributed by atoms with Crippen molar-refractivity contribution in [1.82, 2.24) is 14.7 Å². The minimum Gasteiger partial charge on any atom is -0.342 e. The number of likely N-dealkylation sites (N-methyl/N-ethyl adjacent to an activating group) is 1. The van der Waals surface area contributed by atoms with E-state index in [0.717, 1.165) is 58.5 Å². The highest BCUT2D eigenvalue weighted by Crippen LogP contribution is 2.33. The Kier molecular flexibility index (Phi) is 6.30. The van der Waals surface area contributed by atoms with Gasteiger partial charge in [-0.1, -0.05) is 24.3 Å². The van der Waals surface area contributed by atoms with Crippen LogP contribution < -0.4 is 0 Å². The maximum Gasteiger partial charge on any atom is 0.236 e. The summed E-state index contributed by atoms with van der Waals surface area (Å²) >= 11 is 0. The van der Waals surface area contributed by atoms with Crippen molar-refractivity contribution in [2.75, 3.05) is 45.8 Å². The number of fused-ring (bicyclic) bond motifs is 1. The van der Waals surface area contributed by atoms with E-state index in [1.54, 1.807) is 0 Å². The smallest absolute Gasteiger partial charge is 0.236 e. The van der Waals surface area contributed by atoms with E-state index in [9.17, 15) is 9.59 Å². The Balaban J connectivity index is 1.55. The van der Waals surface area contributed by atoms with Gasteiger partial charge >= 0.3 is 0 Å². The third kappa shape index (κ3) is 4.09. The van der Waals surface area contributed by atoms with E-state index >= 15 is 0 Å². The molecule has 1 aliphatic carbocycles. The van der Waals surface area contributed by atoms with E-state index in [2.05, 4.69) is 23.1 Å². The molecule has 1 atom stereocenters. The van der Waals surface area contributed by atoms with Crippen LogP contribution in [-0.2, 0) is 16.0 Å². The third-order valence-corrected chi connectivity index (χ3v) is 5.83. The van der Waals surface area contributed by atoms with Crippen molar-refractivity contribution >= 4 is 11.8 Å². The van der Waals surface area contributed by atoms with Crippen LogP contribution in [-0.4, -0.2) is 72.3 Å². The van der Waals surface area contributed by atoms with Gasteiger partial charge in [-0.3, -0.25) is 14.5 Å². The molecule has 5 heteroatoms. The first kappa shape index (κ1) is 18.9. The van der Waals surface area contributed by atoms with Gasteiger partial charge in [0.2, 0.25) is 11.8 Å². The van der Waals surface area contributed by atoms with Crippen LogP contribution in [0.3, 0.4) is 0 Å². The molecular weight excluding hydrogens is 326 g/mol. The normalized spacial score (nSPS) is 20.5. The SMILES string of the molecule is CCN(CC)C(=O)CN1CCN(C(=O)C2CCCc3ccccc32)CC1. The predicted molar refractivity (Wildman–Crippen MR) is 103 cm³/mol. The third-order valence-electron chi connectivity index (χ3n) is 5.83. The van der Waals surface area contributed by atoms with E-state index < -0.39 is 0 Å². The topological polar surface area (TPSA) is 43.9 Å². The van der Waals surface area contributed by atoms with Crippen LogP contribution in [0.1, 0.15) is 43.7 Å². The average Bonchev–Trinajstić information content (AvgIpc) is 2.68. The molecule has 0 N–H and O–H groups in total. The summed E-state index contributed by atoms with van der Waals surface area (Å²) in [6.07, 6.45) is 3.13. The van der Waals surface area contributed by atoms with Gasteiger partial charge in [0.05, 0.1) is 12.5 Å². The fourth-order valence-electron chi connectivity index (χ4n) is 4.22. The van der Waals surface area contributed by atoms with Gasteiger partial charge in [-0.25, -0.2) is 0 Å². The highest BCUT2D eigenvalue weighted by Gasteiger charge is 2.31. The molecule has 0 spiro atoms. The highest BCUT2D eigenvalue weighted by atomic mass is 16.2. The lowest BCUT2D eigenvalue weighted by molar-refractivity contribution is -0.136. The molecule has 1 aromatic rings. The molecule has 26 heavy (non-hydrogen) atoms. The Morgan fingerprint density at radius 3 is 2.46 bits per heavy atom. The van der Waals surface area contributed by atoms with Crippen LogP contribution >= 0.6 is 0 Å². The number of benzene rings is 1. The number of carbonyl (C=O) groups excluding carboxylic acids is 2. The lowest BCUT2D eigenvalue weighted by atomic mass is 9.82. The fraction of sp³-hybridized carbons (Fsp3) is 0.619. The van der Waals surface area contributed by atoms with Gasteiger partial charge in [-0.2, -0.15) is 0 Å². The summed E-state index contributed by atoms with van der Waals surface area (Å²) in [7, 11) is 0. The molecule has 2 aliphatic rings. The Hall–Kier alpha value is -1.88. The molecule has 2 amide bonds.